The summed E-state index contributed by atoms with van der Waals surface area (Å²) in [6, 6.07) is 5.70. The van der Waals surface area contributed by atoms with Crippen molar-refractivity contribution in [3.63, 3.8) is 0 Å². The van der Waals surface area contributed by atoms with E-state index in [0.717, 1.165) is 14.7 Å². The fourth-order valence-corrected chi connectivity index (χ4v) is 2.10. The predicted octanol–water partition coefficient (Wildman–Crippen LogP) is 2.05. The van der Waals surface area contributed by atoms with Gasteiger partial charge in [-0.05, 0) is 48.1 Å². The van der Waals surface area contributed by atoms with Crippen molar-refractivity contribution in [1.82, 2.24) is 4.90 Å². The maximum atomic E-state index is 12.1. The molecule has 0 atom stereocenters. The average molecular weight is 333 g/mol. The molecule has 0 aliphatic carbocycles. The number of rotatable bonds is 4. The Kier molecular flexibility index (Phi) is 5.21. The number of nitrogens with zero attached hydrogens (tertiary/aromatic N) is 1. The van der Waals surface area contributed by atoms with Gasteiger partial charge >= 0.3 is 0 Å². The lowest BCUT2D eigenvalue weighted by Gasteiger charge is -2.20. The third-order valence-corrected chi connectivity index (χ3v) is 3.89. The first-order valence-corrected chi connectivity index (χ1v) is 6.35. The van der Waals surface area contributed by atoms with E-state index < -0.39 is 0 Å². The normalized spacial score (nSPS) is 10.2. The number of amides is 1. The Morgan fingerprint density at radius 2 is 2.19 bits per heavy atom. The van der Waals surface area contributed by atoms with E-state index in [9.17, 15) is 4.79 Å². The summed E-state index contributed by atoms with van der Waals surface area (Å²) >= 11 is 2.19. The lowest BCUT2D eigenvalue weighted by atomic mass is 10.1. The fraction of sp³-hybridized carbons (Fsp3) is 0.417. The van der Waals surface area contributed by atoms with Gasteiger partial charge in [0, 0.05) is 16.7 Å². The Bertz CT molecular complexity index is 379. The molecule has 88 valence electrons. The molecule has 0 aliphatic rings. The Morgan fingerprint density at radius 3 is 2.75 bits per heavy atom. The third kappa shape index (κ3) is 2.95. The second kappa shape index (κ2) is 6.20. The highest BCUT2D eigenvalue weighted by Crippen LogP contribution is 2.18. The molecule has 4 heteroatoms. The van der Waals surface area contributed by atoms with Crippen LogP contribution >= 0.6 is 22.6 Å². The molecule has 3 nitrogen and oxygen atoms in total. The molecule has 1 aromatic rings. The van der Waals surface area contributed by atoms with Crippen LogP contribution in [-0.4, -0.2) is 35.6 Å². The first-order chi connectivity index (χ1) is 7.61. The zero-order chi connectivity index (χ0) is 12.1. The molecule has 1 rings (SSSR count). The number of carbonyl (C=O) groups is 1. The van der Waals surface area contributed by atoms with E-state index in [4.69, 9.17) is 5.11 Å². The largest absolute Gasteiger partial charge is 0.395 e. The number of hydrogen-bond acceptors (Lipinski definition) is 2. The quantitative estimate of drug-likeness (QED) is 0.857. The van der Waals surface area contributed by atoms with Crippen molar-refractivity contribution < 1.29 is 9.90 Å². The number of hydrogen-bond donors (Lipinski definition) is 1. The van der Waals surface area contributed by atoms with Crippen LogP contribution in [0.5, 0.6) is 0 Å². The molecule has 0 heterocycles. The maximum absolute atomic E-state index is 12.1. The molecule has 0 unspecified atom stereocenters. The van der Waals surface area contributed by atoms with E-state index in [2.05, 4.69) is 22.6 Å². The molecule has 0 aromatic heterocycles. The minimum absolute atomic E-state index is 0.00196. The number of halogens is 1. The van der Waals surface area contributed by atoms with E-state index in [-0.39, 0.29) is 12.5 Å². The Morgan fingerprint density at radius 1 is 1.50 bits per heavy atom. The maximum Gasteiger partial charge on any atom is 0.255 e. The van der Waals surface area contributed by atoms with Crippen LogP contribution in [0.1, 0.15) is 22.8 Å². The predicted molar refractivity (Wildman–Crippen MR) is 72.6 cm³/mol. The summed E-state index contributed by atoms with van der Waals surface area (Å²) in [5.74, 6) is -0.00958. The van der Waals surface area contributed by atoms with Gasteiger partial charge in [-0.1, -0.05) is 12.1 Å². The zero-order valence-electron chi connectivity index (χ0n) is 9.53. The topological polar surface area (TPSA) is 40.5 Å². The van der Waals surface area contributed by atoms with Gasteiger partial charge in [0.15, 0.2) is 0 Å². The number of aliphatic hydroxyl groups excluding tert-OH is 1. The van der Waals surface area contributed by atoms with Gasteiger partial charge in [-0.2, -0.15) is 0 Å². The van der Waals surface area contributed by atoms with Crippen molar-refractivity contribution in [3.05, 3.63) is 32.9 Å². The number of likely N-dealkylation sites (N-methyl/N-ethyl adjacent to an activating group) is 1. The molecule has 0 saturated heterocycles. The summed E-state index contributed by atoms with van der Waals surface area (Å²) < 4.78 is 0.987. The molecule has 1 N–H and O–H groups in total. The molecular weight excluding hydrogens is 317 g/mol. The molecule has 0 fully saturated rings. The highest BCUT2D eigenvalue weighted by Gasteiger charge is 2.16. The molecule has 16 heavy (non-hydrogen) atoms. The number of aliphatic hydroxyl groups is 1. The van der Waals surface area contributed by atoms with Crippen molar-refractivity contribution in [2.45, 2.75) is 13.8 Å². The molecule has 0 spiro atoms. The van der Waals surface area contributed by atoms with Crippen LogP contribution in [0, 0.1) is 10.5 Å². The summed E-state index contributed by atoms with van der Waals surface area (Å²) in [5.41, 5.74) is 1.82. The van der Waals surface area contributed by atoms with Crippen molar-refractivity contribution in [3.8, 4) is 0 Å². The van der Waals surface area contributed by atoms with Gasteiger partial charge in [-0.25, -0.2) is 0 Å². The summed E-state index contributed by atoms with van der Waals surface area (Å²) in [5, 5.41) is 8.89. The van der Waals surface area contributed by atoms with Crippen LogP contribution in [0.4, 0.5) is 0 Å². The number of aryl methyl sites for hydroxylation is 1. The van der Waals surface area contributed by atoms with Gasteiger partial charge in [-0.3, -0.25) is 4.79 Å². The Labute approximate surface area is 110 Å². The monoisotopic (exact) mass is 333 g/mol. The summed E-state index contributed by atoms with van der Waals surface area (Å²) in [4.78, 5) is 13.8. The van der Waals surface area contributed by atoms with Gasteiger partial charge in [0.1, 0.15) is 0 Å². The second-order valence-corrected chi connectivity index (χ2v) is 4.62. The minimum Gasteiger partial charge on any atom is -0.395 e. The van der Waals surface area contributed by atoms with E-state index in [1.807, 2.05) is 32.0 Å². The molecular formula is C12H16INO2. The smallest absolute Gasteiger partial charge is 0.255 e. The van der Waals surface area contributed by atoms with Gasteiger partial charge in [0.2, 0.25) is 0 Å². The van der Waals surface area contributed by atoms with Crippen LogP contribution in [0.3, 0.4) is 0 Å². The second-order valence-electron chi connectivity index (χ2n) is 3.54. The van der Waals surface area contributed by atoms with Crippen LogP contribution in [0.25, 0.3) is 0 Å². The summed E-state index contributed by atoms with van der Waals surface area (Å²) in [6.07, 6.45) is 0. The summed E-state index contributed by atoms with van der Waals surface area (Å²) in [7, 11) is 0. The number of benzene rings is 1. The zero-order valence-corrected chi connectivity index (χ0v) is 11.7. The van der Waals surface area contributed by atoms with Crippen molar-refractivity contribution >= 4 is 28.5 Å². The van der Waals surface area contributed by atoms with E-state index in [1.54, 1.807) is 4.90 Å². The lowest BCUT2D eigenvalue weighted by Crippen LogP contribution is -2.33. The van der Waals surface area contributed by atoms with Gasteiger partial charge in [0.05, 0.1) is 12.2 Å². The van der Waals surface area contributed by atoms with Gasteiger partial charge < -0.3 is 10.0 Å². The molecule has 1 amide bonds. The van der Waals surface area contributed by atoms with Crippen molar-refractivity contribution in [1.29, 1.82) is 0 Å². The lowest BCUT2D eigenvalue weighted by molar-refractivity contribution is 0.0731. The van der Waals surface area contributed by atoms with Gasteiger partial charge in [0.25, 0.3) is 5.91 Å². The van der Waals surface area contributed by atoms with E-state index >= 15 is 0 Å². The standard InChI is InChI=1S/C12H16INO2/c1-3-14(7-8-15)12(16)10-6-4-5-9(2)11(10)13/h4-6,15H,3,7-8H2,1-2H3. The van der Waals surface area contributed by atoms with E-state index in [0.29, 0.717) is 13.1 Å². The van der Waals surface area contributed by atoms with Gasteiger partial charge in [-0.15, -0.1) is 0 Å². The third-order valence-electron chi connectivity index (χ3n) is 2.46. The van der Waals surface area contributed by atoms with Crippen molar-refractivity contribution in [2.75, 3.05) is 19.7 Å². The minimum atomic E-state index is -0.00958. The highest BCUT2D eigenvalue weighted by molar-refractivity contribution is 14.1. The SMILES string of the molecule is CCN(CCO)C(=O)c1cccc(C)c1I. The Hall–Kier alpha value is -0.620. The molecule has 0 aliphatic heterocycles. The summed E-state index contributed by atoms with van der Waals surface area (Å²) in [6.45, 7) is 4.90. The molecule has 1 aromatic carbocycles. The Balaban J connectivity index is 2.99. The number of carbonyl (C=O) groups excluding carboxylic acids is 1. The average Bonchev–Trinajstić information content (AvgIpc) is 2.29. The highest BCUT2D eigenvalue weighted by atomic mass is 127. The molecule has 0 radical (unpaired) electrons. The fourth-order valence-electron chi connectivity index (χ4n) is 1.51. The van der Waals surface area contributed by atoms with Crippen molar-refractivity contribution in [2.24, 2.45) is 0 Å². The van der Waals surface area contributed by atoms with Crippen LogP contribution in [0.15, 0.2) is 18.2 Å². The molecule has 0 bridgehead atoms. The molecule has 0 saturated carbocycles. The van der Waals surface area contributed by atoms with Crippen LogP contribution < -0.4 is 0 Å². The van der Waals surface area contributed by atoms with E-state index in [1.165, 1.54) is 0 Å². The first kappa shape index (κ1) is 13.4. The first-order valence-electron chi connectivity index (χ1n) is 5.27. The van der Waals surface area contributed by atoms with Crippen LogP contribution in [-0.2, 0) is 0 Å². The van der Waals surface area contributed by atoms with Crippen LogP contribution in [0.2, 0.25) is 0 Å².